The molecule has 2 heteroatoms. The number of hydrogen-bond donors (Lipinski definition) is 2. The van der Waals surface area contributed by atoms with Crippen LogP contribution in [0.4, 0.5) is 0 Å². The number of phenolic OH excluding ortho intramolecular Hbond substituents is 2. The maximum atomic E-state index is 10.9. The Morgan fingerprint density at radius 2 is 1.03 bits per heavy atom. The number of rotatable bonds is 2. The van der Waals surface area contributed by atoms with Gasteiger partial charge in [0.25, 0.3) is 0 Å². The molecule has 0 fully saturated rings. The van der Waals surface area contributed by atoms with Gasteiger partial charge in [-0.3, -0.25) is 0 Å². The first-order valence-electron chi connectivity index (χ1n) is 10.5. The van der Waals surface area contributed by atoms with E-state index < -0.39 is 0 Å². The van der Waals surface area contributed by atoms with Gasteiger partial charge in [0.15, 0.2) is 0 Å². The van der Waals surface area contributed by atoms with Crippen molar-refractivity contribution in [2.75, 3.05) is 0 Å². The number of benzene rings is 5. The molecule has 152 valence electrons. The van der Waals surface area contributed by atoms with Gasteiger partial charge in [-0.05, 0) is 77.2 Å². The fourth-order valence-electron chi connectivity index (χ4n) is 4.48. The van der Waals surface area contributed by atoms with Crippen molar-refractivity contribution in [1.29, 1.82) is 0 Å². The summed E-state index contributed by atoms with van der Waals surface area (Å²) < 4.78 is 0. The van der Waals surface area contributed by atoms with E-state index in [1.807, 2.05) is 18.2 Å². The minimum Gasteiger partial charge on any atom is -0.507 e. The number of aromatic hydroxyl groups is 2. The molecule has 0 radical (unpaired) electrons. The summed E-state index contributed by atoms with van der Waals surface area (Å²) in [6.45, 7) is 6.18. The molecular weight excluding hydrogens is 380 g/mol. The van der Waals surface area contributed by atoms with Gasteiger partial charge in [-0.1, -0.05) is 71.8 Å². The number of phenols is 2. The van der Waals surface area contributed by atoms with Gasteiger partial charge in [0, 0.05) is 11.1 Å². The Balaban J connectivity index is 1.82. The van der Waals surface area contributed by atoms with Gasteiger partial charge in [-0.25, -0.2) is 0 Å². The molecule has 0 aliphatic heterocycles. The van der Waals surface area contributed by atoms with E-state index in [1.165, 1.54) is 0 Å². The average molecular weight is 405 g/mol. The summed E-state index contributed by atoms with van der Waals surface area (Å²) in [6.07, 6.45) is 0. The lowest BCUT2D eigenvalue weighted by Gasteiger charge is -2.16. The zero-order valence-corrected chi connectivity index (χ0v) is 17.9. The van der Waals surface area contributed by atoms with Crippen LogP contribution in [-0.4, -0.2) is 10.2 Å². The quantitative estimate of drug-likeness (QED) is 0.317. The summed E-state index contributed by atoms with van der Waals surface area (Å²) in [5.41, 5.74) is 6.91. The zero-order chi connectivity index (χ0) is 21.7. The first-order chi connectivity index (χ1) is 14.9. The van der Waals surface area contributed by atoms with Crippen molar-refractivity contribution in [3.8, 4) is 33.8 Å². The highest BCUT2D eigenvalue weighted by Crippen LogP contribution is 2.43. The molecule has 0 unspecified atom stereocenters. The summed E-state index contributed by atoms with van der Waals surface area (Å²) in [5.74, 6) is 0.516. The molecule has 2 N–H and O–H groups in total. The maximum Gasteiger partial charge on any atom is 0.124 e. The van der Waals surface area contributed by atoms with E-state index in [0.717, 1.165) is 60.5 Å². The first kappa shape index (κ1) is 19.2. The van der Waals surface area contributed by atoms with Crippen molar-refractivity contribution in [2.45, 2.75) is 20.8 Å². The molecule has 0 spiro atoms. The summed E-state index contributed by atoms with van der Waals surface area (Å²) >= 11 is 0. The second-order valence-corrected chi connectivity index (χ2v) is 8.40. The van der Waals surface area contributed by atoms with Crippen molar-refractivity contribution >= 4 is 21.5 Å². The van der Waals surface area contributed by atoms with Crippen LogP contribution in [0.1, 0.15) is 16.7 Å². The second kappa shape index (κ2) is 7.17. The number of hydrogen-bond acceptors (Lipinski definition) is 2. The normalized spacial score (nSPS) is 11.3. The summed E-state index contributed by atoms with van der Waals surface area (Å²) in [4.78, 5) is 0. The molecule has 0 saturated heterocycles. The van der Waals surface area contributed by atoms with E-state index in [2.05, 4.69) is 69.3 Å². The molecule has 5 aromatic carbocycles. The van der Waals surface area contributed by atoms with Gasteiger partial charge < -0.3 is 10.2 Å². The molecule has 0 heterocycles. The minimum atomic E-state index is 0.255. The van der Waals surface area contributed by atoms with Crippen LogP contribution in [0.25, 0.3) is 43.8 Å². The third-order valence-electron chi connectivity index (χ3n) is 6.11. The lowest BCUT2D eigenvalue weighted by Crippen LogP contribution is -1.90. The molecular formula is C29H24O2. The largest absolute Gasteiger partial charge is 0.507 e. The first-order valence-corrected chi connectivity index (χ1v) is 10.5. The fourth-order valence-corrected chi connectivity index (χ4v) is 4.48. The molecule has 5 aromatic rings. The Hall–Kier alpha value is -3.78. The highest BCUT2D eigenvalue weighted by Gasteiger charge is 2.16. The van der Waals surface area contributed by atoms with Crippen LogP contribution in [0.5, 0.6) is 11.5 Å². The van der Waals surface area contributed by atoms with Crippen LogP contribution in [-0.2, 0) is 0 Å². The van der Waals surface area contributed by atoms with Crippen molar-refractivity contribution < 1.29 is 10.2 Å². The lowest BCUT2D eigenvalue weighted by atomic mass is 9.89. The number of aryl methyl sites for hydroxylation is 3. The Morgan fingerprint density at radius 3 is 1.65 bits per heavy atom. The second-order valence-electron chi connectivity index (χ2n) is 8.40. The Morgan fingerprint density at radius 1 is 0.516 bits per heavy atom. The van der Waals surface area contributed by atoms with E-state index in [9.17, 15) is 10.2 Å². The van der Waals surface area contributed by atoms with Crippen molar-refractivity contribution in [3.63, 3.8) is 0 Å². The molecule has 31 heavy (non-hydrogen) atoms. The van der Waals surface area contributed by atoms with Gasteiger partial charge in [0.05, 0.1) is 0 Å². The highest BCUT2D eigenvalue weighted by atomic mass is 16.3. The molecule has 0 aromatic heterocycles. The van der Waals surface area contributed by atoms with Crippen LogP contribution in [0.2, 0.25) is 0 Å². The van der Waals surface area contributed by atoms with E-state index in [4.69, 9.17) is 0 Å². The Labute approximate surface area is 182 Å². The highest BCUT2D eigenvalue weighted by molar-refractivity contribution is 6.04. The van der Waals surface area contributed by atoms with Gasteiger partial charge in [0.1, 0.15) is 11.5 Å². The molecule has 5 rings (SSSR count). The smallest absolute Gasteiger partial charge is 0.124 e. The van der Waals surface area contributed by atoms with E-state index in [0.29, 0.717) is 0 Å². The van der Waals surface area contributed by atoms with E-state index in [1.54, 1.807) is 12.1 Å². The van der Waals surface area contributed by atoms with Gasteiger partial charge in [0.2, 0.25) is 0 Å². The third kappa shape index (κ3) is 3.21. The van der Waals surface area contributed by atoms with E-state index in [-0.39, 0.29) is 11.5 Å². The lowest BCUT2D eigenvalue weighted by molar-refractivity contribution is 0.478. The third-order valence-corrected chi connectivity index (χ3v) is 6.11. The van der Waals surface area contributed by atoms with Crippen molar-refractivity contribution in [2.24, 2.45) is 0 Å². The fraction of sp³-hybridized carbons (Fsp3) is 0.103. The summed E-state index contributed by atoms with van der Waals surface area (Å²) in [7, 11) is 0. The monoisotopic (exact) mass is 404 g/mol. The van der Waals surface area contributed by atoms with E-state index >= 15 is 0 Å². The molecule has 0 atom stereocenters. The molecule has 0 amide bonds. The SMILES string of the molecule is Cc1ccc2ccc(O)c(-c3ccc(C)c(-c4c(O)ccc5ccc(C)cc45)c3)c2c1. The number of fused-ring (bicyclic) bond motifs is 2. The van der Waals surface area contributed by atoms with Gasteiger partial charge >= 0.3 is 0 Å². The topological polar surface area (TPSA) is 40.5 Å². The molecule has 0 bridgehead atoms. The Bertz CT molecular complexity index is 1470. The average Bonchev–Trinajstić information content (AvgIpc) is 2.74. The molecule has 0 aliphatic rings. The predicted octanol–water partition coefficient (Wildman–Crippen LogP) is 7.66. The van der Waals surface area contributed by atoms with Gasteiger partial charge in [-0.2, -0.15) is 0 Å². The molecule has 0 aliphatic carbocycles. The van der Waals surface area contributed by atoms with Crippen LogP contribution in [0, 0.1) is 20.8 Å². The van der Waals surface area contributed by atoms with Crippen LogP contribution >= 0.6 is 0 Å². The molecule has 0 saturated carbocycles. The Kier molecular flexibility index (Phi) is 4.44. The van der Waals surface area contributed by atoms with Crippen LogP contribution < -0.4 is 0 Å². The summed E-state index contributed by atoms with van der Waals surface area (Å²) in [5, 5.41) is 25.9. The van der Waals surface area contributed by atoms with Gasteiger partial charge in [-0.15, -0.1) is 0 Å². The molecule has 2 nitrogen and oxygen atoms in total. The van der Waals surface area contributed by atoms with Crippen molar-refractivity contribution in [1.82, 2.24) is 0 Å². The van der Waals surface area contributed by atoms with Crippen molar-refractivity contribution in [3.05, 3.63) is 95.6 Å². The zero-order valence-electron chi connectivity index (χ0n) is 17.9. The maximum absolute atomic E-state index is 10.9. The summed E-state index contributed by atoms with van der Waals surface area (Å²) in [6, 6.07) is 26.2. The predicted molar refractivity (Wildman–Crippen MR) is 130 cm³/mol. The van der Waals surface area contributed by atoms with Crippen LogP contribution in [0.3, 0.4) is 0 Å². The standard InChI is InChI=1S/C29H24O2/c1-17-4-7-20-10-12-26(30)28(24(20)14-17)22-9-6-19(3)23(16-22)29-25-15-18(2)5-8-21(25)11-13-27(29)31/h4-16,30-31H,1-3H3. The van der Waals surface area contributed by atoms with Crippen LogP contribution in [0.15, 0.2) is 78.9 Å². The minimum absolute atomic E-state index is 0.255.